The van der Waals surface area contributed by atoms with Crippen LogP contribution in [-0.4, -0.2) is 10.8 Å². The third kappa shape index (κ3) is 9.62. The number of carbonyl (C=O) groups excluding carboxylic acids is 1. The Morgan fingerprint density at radius 1 is 0.938 bits per heavy atom. The van der Waals surface area contributed by atoms with Crippen molar-refractivity contribution in [1.82, 2.24) is 0 Å². The second kappa shape index (κ2) is 10.6. The molecular formula is C12H23NO3. The molecule has 0 bridgehead atoms. The van der Waals surface area contributed by atoms with Gasteiger partial charge in [0.2, 0.25) is 0 Å². The van der Waals surface area contributed by atoms with Crippen LogP contribution in [0.25, 0.3) is 0 Å². The molecule has 0 radical (unpaired) electrons. The standard InChI is InChI=1S/C12H23NO3/c1-2-3-4-5-6-7-8-9-10-11-12(14)13(15)16/h2-11H2,1H3. The number of nitrogens with zero attached hydrogens (tertiary/aromatic N) is 1. The summed E-state index contributed by atoms with van der Waals surface area (Å²) < 4.78 is 0. The fourth-order valence-corrected chi connectivity index (χ4v) is 1.68. The molecule has 0 aromatic rings. The van der Waals surface area contributed by atoms with E-state index >= 15 is 0 Å². The second-order valence-corrected chi connectivity index (χ2v) is 4.23. The van der Waals surface area contributed by atoms with Crippen molar-refractivity contribution in [3.8, 4) is 0 Å². The Morgan fingerprint density at radius 3 is 1.81 bits per heavy atom. The molecule has 0 aromatic carbocycles. The van der Waals surface area contributed by atoms with E-state index in [1.807, 2.05) is 0 Å². The maximum absolute atomic E-state index is 10.7. The average Bonchev–Trinajstić information content (AvgIpc) is 2.26. The number of nitro groups is 1. The van der Waals surface area contributed by atoms with E-state index in [2.05, 4.69) is 6.92 Å². The first-order chi connectivity index (χ1) is 7.68. The molecule has 0 spiro atoms. The zero-order chi connectivity index (χ0) is 12.2. The highest BCUT2D eigenvalue weighted by atomic mass is 16.6. The number of carbonyl (C=O) groups is 1. The fourth-order valence-electron chi connectivity index (χ4n) is 1.68. The van der Waals surface area contributed by atoms with Gasteiger partial charge < -0.3 is 0 Å². The summed E-state index contributed by atoms with van der Waals surface area (Å²) >= 11 is 0. The molecule has 0 heterocycles. The van der Waals surface area contributed by atoms with Crippen molar-refractivity contribution in [3.63, 3.8) is 0 Å². The number of rotatable bonds is 10. The molecule has 0 aliphatic heterocycles. The Hall–Kier alpha value is -0.930. The number of amides is 1. The van der Waals surface area contributed by atoms with Crippen LogP contribution in [0.5, 0.6) is 0 Å². The average molecular weight is 229 g/mol. The van der Waals surface area contributed by atoms with Gasteiger partial charge in [0, 0.05) is 0 Å². The molecule has 4 heteroatoms. The summed E-state index contributed by atoms with van der Waals surface area (Å²) in [5.74, 6) is -0.844. The lowest BCUT2D eigenvalue weighted by Crippen LogP contribution is -2.10. The summed E-state index contributed by atoms with van der Waals surface area (Å²) in [5.41, 5.74) is 0. The minimum Gasteiger partial charge on any atom is -0.256 e. The summed E-state index contributed by atoms with van der Waals surface area (Å²) in [6, 6.07) is 0. The topological polar surface area (TPSA) is 60.2 Å². The maximum atomic E-state index is 10.7. The third-order valence-corrected chi connectivity index (χ3v) is 2.70. The van der Waals surface area contributed by atoms with Gasteiger partial charge in [-0.2, -0.15) is 0 Å². The van der Waals surface area contributed by atoms with Crippen LogP contribution in [0.3, 0.4) is 0 Å². The molecule has 0 unspecified atom stereocenters. The van der Waals surface area contributed by atoms with Crippen LogP contribution in [0, 0.1) is 10.1 Å². The van der Waals surface area contributed by atoms with E-state index in [0.29, 0.717) is 6.42 Å². The number of hydrogen-bond acceptors (Lipinski definition) is 3. The van der Waals surface area contributed by atoms with Crippen LogP contribution in [0.1, 0.15) is 71.1 Å². The van der Waals surface area contributed by atoms with Gasteiger partial charge in [-0.1, -0.05) is 58.3 Å². The molecule has 0 saturated carbocycles. The van der Waals surface area contributed by atoms with Gasteiger partial charge in [-0.25, -0.2) is 4.79 Å². The van der Waals surface area contributed by atoms with Gasteiger partial charge in [-0.3, -0.25) is 10.1 Å². The van der Waals surface area contributed by atoms with Crippen LogP contribution >= 0.6 is 0 Å². The van der Waals surface area contributed by atoms with Gasteiger partial charge in [0.25, 0.3) is 0 Å². The van der Waals surface area contributed by atoms with Gasteiger partial charge in [0.05, 0.1) is 6.42 Å². The van der Waals surface area contributed by atoms with Crippen molar-refractivity contribution in [2.24, 2.45) is 0 Å². The zero-order valence-electron chi connectivity index (χ0n) is 10.2. The molecule has 0 saturated heterocycles. The van der Waals surface area contributed by atoms with E-state index in [1.165, 1.54) is 38.5 Å². The predicted octanol–water partition coefficient (Wildman–Crippen LogP) is 3.71. The van der Waals surface area contributed by atoms with Gasteiger partial charge >= 0.3 is 5.91 Å². The van der Waals surface area contributed by atoms with E-state index in [1.54, 1.807) is 0 Å². The molecule has 0 atom stereocenters. The minimum absolute atomic E-state index is 0.100. The van der Waals surface area contributed by atoms with Crippen molar-refractivity contribution in [3.05, 3.63) is 10.1 Å². The van der Waals surface area contributed by atoms with Crippen molar-refractivity contribution in [2.75, 3.05) is 0 Å². The Morgan fingerprint density at radius 2 is 1.38 bits per heavy atom. The predicted molar refractivity (Wildman–Crippen MR) is 63.8 cm³/mol. The van der Waals surface area contributed by atoms with Crippen LogP contribution < -0.4 is 0 Å². The fraction of sp³-hybridized carbons (Fsp3) is 0.917. The lowest BCUT2D eigenvalue weighted by atomic mass is 10.1. The Labute approximate surface area is 97.6 Å². The lowest BCUT2D eigenvalue weighted by Gasteiger charge is -2.00. The normalized spacial score (nSPS) is 10.3. The van der Waals surface area contributed by atoms with Gasteiger partial charge in [0.15, 0.2) is 0 Å². The molecule has 0 fully saturated rings. The molecule has 0 aromatic heterocycles. The number of unbranched alkanes of at least 4 members (excludes halogenated alkanes) is 8. The van der Waals surface area contributed by atoms with Crippen molar-refractivity contribution in [1.29, 1.82) is 0 Å². The molecule has 0 aliphatic carbocycles. The van der Waals surface area contributed by atoms with Crippen LogP contribution in [0.4, 0.5) is 0 Å². The summed E-state index contributed by atoms with van der Waals surface area (Å²) in [7, 11) is 0. The lowest BCUT2D eigenvalue weighted by molar-refractivity contribution is -0.402. The molecular weight excluding hydrogens is 206 g/mol. The Bertz CT molecular complexity index is 204. The molecule has 0 N–H and O–H groups in total. The van der Waals surface area contributed by atoms with Crippen molar-refractivity contribution < 1.29 is 9.72 Å². The van der Waals surface area contributed by atoms with E-state index in [-0.39, 0.29) is 6.42 Å². The van der Waals surface area contributed by atoms with Crippen LogP contribution in [-0.2, 0) is 4.79 Å². The number of hydrogen-bond donors (Lipinski definition) is 0. The Balaban J connectivity index is 3.10. The second-order valence-electron chi connectivity index (χ2n) is 4.23. The Kier molecular flexibility index (Phi) is 9.97. The molecule has 0 rings (SSSR count). The highest BCUT2D eigenvalue weighted by molar-refractivity contribution is 5.66. The zero-order valence-corrected chi connectivity index (χ0v) is 10.2. The highest BCUT2D eigenvalue weighted by Gasteiger charge is 2.12. The van der Waals surface area contributed by atoms with Crippen molar-refractivity contribution in [2.45, 2.75) is 71.1 Å². The molecule has 0 aliphatic rings. The van der Waals surface area contributed by atoms with Gasteiger partial charge in [-0.15, -0.1) is 0 Å². The first-order valence-corrected chi connectivity index (χ1v) is 6.35. The monoisotopic (exact) mass is 229 g/mol. The molecule has 4 nitrogen and oxygen atoms in total. The largest absolute Gasteiger partial charge is 0.444 e. The quantitative estimate of drug-likeness (QED) is 0.326. The smallest absolute Gasteiger partial charge is 0.256 e. The SMILES string of the molecule is CCCCCCCCCCCC(=O)[N+](=O)[O-]. The summed E-state index contributed by atoms with van der Waals surface area (Å²) in [6.45, 7) is 2.20. The molecule has 94 valence electrons. The molecule has 16 heavy (non-hydrogen) atoms. The van der Waals surface area contributed by atoms with Crippen LogP contribution in [0.2, 0.25) is 0 Å². The maximum Gasteiger partial charge on any atom is 0.444 e. The van der Waals surface area contributed by atoms with Crippen molar-refractivity contribution >= 4 is 5.91 Å². The highest BCUT2D eigenvalue weighted by Crippen LogP contribution is 2.10. The minimum atomic E-state index is -0.844. The van der Waals surface area contributed by atoms with Gasteiger partial charge in [-0.05, 0) is 6.42 Å². The van der Waals surface area contributed by atoms with Gasteiger partial charge in [0.1, 0.15) is 4.92 Å². The van der Waals surface area contributed by atoms with E-state index < -0.39 is 10.8 Å². The summed E-state index contributed by atoms with van der Waals surface area (Å²) in [6.07, 6.45) is 10.4. The van der Waals surface area contributed by atoms with E-state index in [4.69, 9.17) is 0 Å². The van der Waals surface area contributed by atoms with E-state index in [9.17, 15) is 14.9 Å². The first kappa shape index (κ1) is 15.1. The summed E-state index contributed by atoms with van der Waals surface area (Å²) in [4.78, 5) is 19.9. The third-order valence-electron chi connectivity index (χ3n) is 2.70. The summed E-state index contributed by atoms with van der Waals surface area (Å²) in [5, 5.41) is 10.0. The van der Waals surface area contributed by atoms with E-state index in [0.717, 1.165) is 12.8 Å². The first-order valence-electron chi connectivity index (χ1n) is 6.35. The van der Waals surface area contributed by atoms with Crippen LogP contribution in [0.15, 0.2) is 0 Å². The molecule has 1 amide bonds.